The van der Waals surface area contributed by atoms with Crippen molar-refractivity contribution >= 4 is 0 Å². The third-order valence-electron chi connectivity index (χ3n) is 2.33. The number of aliphatic hydroxyl groups excluding tert-OH is 1. The molecule has 0 bridgehead atoms. The largest absolute Gasteiger partial charge is 0.391 e. The molecule has 0 radical (unpaired) electrons. The smallest absolute Gasteiger partial charge is 0.0707 e. The summed E-state index contributed by atoms with van der Waals surface area (Å²) in [5, 5.41) is 9.81. The molecule has 1 atom stereocenters. The van der Waals surface area contributed by atoms with Gasteiger partial charge < -0.3 is 10.0 Å². The predicted molar refractivity (Wildman–Crippen MR) is 64.2 cm³/mol. The zero-order valence-electron chi connectivity index (χ0n) is 10.1. The van der Waals surface area contributed by atoms with Crippen LogP contribution in [0.25, 0.3) is 0 Å². The van der Waals surface area contributed by atoms with Gasteiger partial charge in [-0.2, -0.15) is 0 Å². The van der Waals surface area contributed by atoms with Crippen LogP contribution >= 0.6 is 0 Å². The van der Waals surface area contributed by atoms with Crippen LogP contribution in [0, 0.1) is 13.8 Å². The number of benzene rings is 1. The Bertz CT molecular complexity index is 300. The highest BCUT2D eigenvalue weighted by molar-refractivity contribution is 5.28. The lowest BCUT2D eigenvalue weighted by Gasteiger charge is -2.16. The lowest BCUT2D eigenvalue weighted by molar-refractivity contribution is 0.137. The normalized spacial score (nSPS) is 13.2. The van der Waals surface area contributed by atoms with Gasteiger partial charge in [0, 0.05) is 6.54 Å². The molecule has 0 amide bonds. The number of aryl methyl sites for hydroxylation is 2. The molecule has 1 aromatic carbocycles. The number of hydrogen-bond donors (Lipinski definition) is 1. The quantitative estimate of drug-likeness (QED) is 0.813. The van der Waals surface area contributed by atoms with Crippen molar-refractivity contribution in [2.45, 2.75) is 26.4 Å². The number of nitrogens with zero attached hydrogens (tertiary/aromatic N) is 1. The topological polar surface area (TPSA) is 23.5 Å². The Kier molecular flexibility index (Phi) is 4.30. The van der Waals surface area contributed by atoms with Crippen LogP contribution in [0.5, 0.6) is 0 Å². The third kappa shape index (κ3) is 4.45. The van der Waals surface area contributed by atoms with Gasteiger partial charge in [0.1, 0.15) is 0 Å². The molecule has 1 aromatic rings. The zero-order chi connectivity index (χ0) is 11.4. The molecular weight excluding hydrogens is 186 g/mol. The van der Waals surface area contributed by atoms with Gasteiger partial charge in [-0.15, -0.1) is 0 Å². The van der Waals surface area contributed by atoms with Crippen molar-refractivity contribution in [1.82, 2.24) is 4.90 Å². The molecule has 0 aliphatic carbocycles. The molecule has 0 aliphatic heterocycles. The summed E-state index contributed by atoms with van der Waals surface area (Å²) in [5.74, 6) is 0. The Morgan fingerprint density at radius 1 is 1.13 bits per heavy atom. The van der Waals surface area contributed by atoms with E-state index in [4.69, 9.17) is 0 Å². The molecule has 0 heterocycles. The second-order valence-corrected chi connectivity index (χ2v) is 4.62. The fourth-order valence-corrected chi connectivity index (χ4v) is 1.94. The standard InChI is InChI=1S/C13H21NO/c1-10-5-11(2)7-12(6-10)8-13(15)9-14(3)4/h5-7,13,15H,8-9H2,1-4H3. The molecule has 2 heteroatoms. The van der Waals surface area contributed by atoms with Crippen LogP contribution in [0.2, 0.25) is 0 Å². The summed E-state index contributed by atoms with van der Waals surface area (Å²) in [6.45, 7) is 4.90. The van der Waals surface area contributed by atoms with Crippen molar-refractivity contribution in [2.75, 3.05) is 20.6 Å². The fourth-order valence-electron chi connectivity index (χ4n) is 1.94. The van der Waals surface area contributed by atoms with Gasteiger partial charge in [-0.3, -0.25) is 0 Å². The second kappa shape index (κ2) is 5.29. The third-order valence-corrected chi connectivity index (χ3v) is 2.33. The first-order valence-corrected chi connectivity index (χ1v) is 5.37. The van der Waals surface area contributed by atoms with E-state index in [1.807, 2.05) is 19.0 Å². The maximum Gasteiger partial charge on any atom is 0.0707 e. The van der Waals surface area contributed by atoms with E-state index in [1.54, 1.807) is 0 Å². The van der Waals surface area contributed by atoms with Crippen molar-refractivity contribution in [3.63, 3.8) is 0 Å². The summed E-state index contributed by atoms with van der Waals surface area (Å²) >= 11 is 0. The van der Waals surface area contributed by atoms with E-state index in [9.17, 15) is 5.11 Å². The van der Waals surface area contributed by atoms with Gasteiger partial charge in [0.15, 0.2) is 0 Å². The van der Waals surface area contributed by atoms with E-state index in [2.05, 4.69) is 32.0 Å². The van der Waals surface area contributed by atoms with Crippen LogP contribution in [-0.2, 0) is 6.42 Å². The van der Waals surface area contributed by atoms with Crippen molar-refractivity contribution in [3.8, 4) is 0 Å². The van der Waals surface area contributed by atoms with E-state index in [0.29, 0.717) is 6.54 Å². The summed E-state index contributed by atoms with van der Waals surface area (Å²) in [5.41, 5.74) is 3.76. The summed E-state index contributed by atoms with van der Waals surface area (Å²) in [7, 11) is 3.95. The average Bonchev–Trinajstić information content (AvgIpc) is 1.98. The predicted octanol–water partition coefficient (Wildman–Crippen LogP) is 1.77. The van der Waals surface area contributed by atoms with Gasteiger partial charge in [-0.1, -0.05) is 29.3 Å². The minimum absolute atomic E-state index is 0.277. The molecule has 15 heavy (non-hydrogen) atoms. The maximum absolute atomic E-state index is 9.81. The second-order valence-electron chi connectivity index (χ2n) is 4.62. The molecule has 1 unspecified atom stereocenters. The van der Waals surface area contributed by atoms with E-state index in [1.165, 1.54) is 16.7 Å². The molecule has 84 valence electrons. The van der Waals surface area contributed by atoms with Gasteiger partial charge in [0.05, 0.1) is 6.10 Å². The monoisotopic (exact) mass is 207 g/mol. The molecule has 1 rings (SSSR count). The molecule has 1 N–H and O–H groups in total. The van der Waals surface area contributed by atoms with Gasteiger partial charge in [0.25, 0.3) is 0 Å². The first-order chi connectivity index (χ1) is 6.97. The van der Waals surface area contributed by atoms with Gasteiger partial charge in [-0.25, -0.2) is 0 Å². The molecule has 2 nitrogen and oxygen atoms in total. The van der Waals surface area contributed by atoms with Crippen LogP contribution in [0.15, 0.2) is 18.2 Å². The highest BCUT2D eigenvalue weighted by atomic mass is 16.3. The lowest BCUT2D eigenvalue weighted by Crippen LogP contribution is -2.27. The first kappa shape index (κ1) is 12.2. The van der Waals surface area contributed by atoms with E-state index >= 15 is 0 Å². The van der Waals surface area contributed by atoms with Crippen LogP contribution in [0.3, 0.4) is 0 Å². The van der Waals surface area contributed by atoms with E-state index in [0.717, 1.165) is 6.42 Å². The van der Waals surface area contributed by atoms with Crippen LogP contribution < -0.4 is 0 Å². The Labute approximate surface area is 92.5 Å². The summed E-state index contributed by atoms with van der Waals surface area (Å²) < 4.78 is 0. The maximum atomic E-state index is 9.81. The Morgan fingerprint density at radius 3 is 2.13 bits per heavy atom. The molecular formula is C13H21NO. The van der Waals surface area contributed by atoms with Gasteiger partial charge in [-0.05, 0) is 39.9 Å². The minimum Gasteiger partial charge on any atom is -0.391 e. The van der Waals surface area contributed by atoms with Crippen molar-refractivity contribution < 1.29 is 5.11 Å². The van der Waals surface area contributed by atoms with Crippen LogP contribution in [0.1, 0.15) is 16.7 Å². The molecule has 0 fully saturated rings. The number of likely N-dealkylation sites (N-methyl/N-ethyl adjacent to an activating group) is 1. The highest BCUT2D eigenvalue weighted by Crippen LogP contribution is 2.11. The minimum atomic E-state index is -0.277. The molecule has 0 aromatic heterocycles. The zero-order valence-corrected chi connectivity index (χ0v) is 10.1. The van der Waals surface area contributed by atoms with E-state index < -0.39 is 0 Å². The highest BCUT2D eigenvalue weighted by Gasteiger charge is 2.07. The number of rotatable bonds is 4. The number of aliphatic hydroxyl groups is 1. The number of hydrogen-bond acceptors (Lipinski definition) is 2. The summed E-state index contributed by atoms with van der Waals surface area (Å²) in [4.78, 5) is 2.01. The Balaban J connectivity index is 2.63. The van der Waals surface area contributed by atoms with Crippen molar-refractivity contribution in [2.24, 2.45) is 0 Å². The van der Waals surface area contributed by atoms with E-state index in [-0.39, 0.29) is 6.10 Å². The lowest BCUT2D eigenvalue weighted by atomic mass is 10.0. The van der Waals surface area contributed by atoms with Gasteiger partial charge in [0.2, 0.25) is 0 Å². The summed E-state index contributed by atoms with van der Waals surface area (Å²) in [6.07, 6.45) is 0.460. The molecule has 0 aliphatic rings. The molecule has 0 saturated carbocycles. The summed E-state index contributed by atoms with van der Waals surface area (Å²) in [6, 6.07) is 6.44. The van der Waals surface area contributed by atoms with Crippen LogP contribution in [0.4, 0.5) is 0 Å². The SMILES string of the molecule is Cc1cc(C)cc(CC(O)CN(C)C)c1. The Hall–Kier alpha value is -0.860. The molecule has 0 saturated heterocycles. The van der Waals surface area contributed by atoms with Crippen LogP contribution in [-0.4, -0.2) is 36.8 Å². The average molecular weight is 207 g/mol. The molecule has 0 spiro atoms. The first-order valence-electron chi connectivity index (χ1n) is 5.37. The van der Waals surface area contributed by atoms with Gasteiger partial charge >= 0.3 is 0 Å². The Morgan fingerprint density at radius 2 is 1.67 bits per heavy atom. The fraction of sp³-hybridized carbons (Fsp3) is 0.538. The van der Waals surface area contributed by atoms with Crippen molar-refractivity contribution in [1.29, 1.82) is 0 Å². The van der Waals surface area contributed by atoms with Crippen molar-refractivity contribution in [3.05, 3.63) is 34.9 Å².